The summed E-state index contributed by atoms with van der Waals surface area (Å²) in [5, 5.41) is 14.5. The molecule has 5 fully saturated rings. The van der Waals surface area contributed by atoms with Gasteiger partial charge in [0.2, 0.25) is 11.8 Å². The Bertz CT molecular complexity index is 2640. The Labute approximate surface area is 351 Å². The summed E-state index contributed by atoms with van der Waals surface area (Å²) in [5.41, 5.74) is 3.18. The number of aromatic nitrogens is 7. The number of rotatable bonds is 9. The van der Waals surface area contributed by atoms with Gasteiger partial charge < -0.3 is 24.6 Å². The summed E-state index contributed by atoms with van der Waals surface area (Å²) in [6.07, 6.45) is 11.2. The van der Waals surface area contributed by atoms with Crippen LogP contribution in [0.1, 0.15) is 73.0 Å². The van der Waals surface area contributed by atoms with Crippen LogP contribution < -0.4 is 26.0 Å². The SMILES string of the molecule is COc1nn([C@H]2CC[C@H](CN3CCN(CC#Cc4cccc5c4n(C)c(=O)n5C4CCC(=O)NC4=O)CC3)CC2)cc1NC(=O)c1cnn2ccc(N3C[C@H]4C[C@@H]3CO4)nc12. The van der Waals surface area contributed by atoms with Gasteiger partial charge in [-0.25, -0.2) is 14.3 Å². The Morgan fingerprint density at radius 2 is 1.85 bits per heavy atom. The molecule has 1 unspecified atom stereocenters. The molecule has 5 aliphatic rings. The molecule has 1 saturated carbocycles. The van der Waals surface area contributed by atoms with Crippen LogP contribution in [0, 0.1) is 17.8 Å². The lowest BCUT2D eigenvalue weighted by Gasteiger charge is -2.37. The van der Waals surface area contributed by atoms with E-state index < -0.39 is 11.9 Å². The highest BCUT2D eigenvalue weighted by molar-refractivity contribution is 6.08. The largest absolute Gasteiger partial charge is 0.478 e. The van der Waals surface area contributed by atoms with Gasteiger partial charge in [-0.1, -0.05) is 17.9 Å². The number of morpholine rings is 1. The second-order valence-corrected chi connectivity index (χ2v) is 17.0. The number of aryl methyl sites for hydroxylation is 1. The summed E-state index contributed by atoms with van der Waals surface area (Å²) in [7, 11) is 3.27. The number of fused-ring (bicyclic) bond motifs is 4. The zero-order valence-corrected chi connectivity index (χ0v) is 34.5. The van der Waals surface area contributed by atoms with Crippen LogP contribution in [0.2, 0.25) is 0 Å². The van der Waals surface area contributed by atoms with Crippen LogP contribution in [0.25, 0.3) is 16.7 Å². The molecule has 18 heteroatoms. The number of imidazole rings is 1. The molecule has 2 N–H and O–H groups in total. The van der Waals surface area contributed by atoms with E-state index in [0.29, 0.717) is 65.3 Å². The van der Waals surface area contributed by atoms with Gasteiger partial charge >= 0.3 is 5.69 Å². The number of carbonyl (C=O) groups is 3. The van der Waals surface area contributed by atoms with E-state index in [0.717, 1.165) is 82.8 Å². The fraction of sp³-hybridized carbons (Fsp3) is 0.512. The number of carbonyl (C=O) groups excluding carboxylic acids is 3. The molecule has 4 aromatic heterocycles. The van der Waals surface area contributed by atoms with Crippen molar-refractivity contribution in [1.82, 2.24) is 48.6 Å². The number of hydrogen-bond donors (Lipinski definition) is 2. The van der Waals surface area contributed by atoms with E-state index >= 15 is 0 Å². The molecule has 0 radical (unpaired) electrons. The fourth-order valence-corrected chi connectivity index (χ4v) is 9.95. The zero-order chi connectivity index (χ0) is 41.8. The van der Waals surface area contributed by atoms with Crippen LogP contribution in [0.4, 0.5) is 11.5 Å². The Morgan fingerprint density at radius 3 is 2.61 bits per heavy atom. The number of nitrogens with one attached hydrogen (secondary N) is 2. The normalized spacial score (nSPS) is 24.6. The standard InChI is InChI=1S/C43H50N12O6/c1-49-38-28(5-3-7-34(38)55(43(49)59)35-12-13-37(56)47-41(35)58)6-4-15-50-17-19-51(20-18-50)23-27-8-10-29(11-9-27)54-25-33(42(48-54)60-2)45-40(57)32-22-44-53-16-14-36(46-39(32)53)52-24-31-21-30(52)26-61-31/h3,5,7,14,16,22,25,27,29-31,35H,8-13,15,17-21,23-24,26H2,1-2H3,(H,45,57)(H,47,56,58)/t27-,29-,30-,31-,35?/m1/s1. The van der Waals surface area contributed by atoms with Crippen LogP contribution in [0.15, 0.2) is 47.7 Å². The molecule has 8 heterocycles. The molecule has 4 saturated heterocycles. The summed E-state index contributed by atoms with van der Waals surface area (Å²) < 4.78 is 18.0. The van der Waals surface area contributed by atoms with Crippen molar-refractivity contribution in [3.63, 3.8) is 0 Å². The lowest BCUT2D eigenvalue weighted by molar-refractivity contribution is -0.135. The maximum absolute atomic E-state index is 13.6. The molecule has 5 aromatic rings. The number of methoxy groups -OCH3 is 1. The van der Waals surface area contributed by atoms with Gasteiger partial charge in [-0.05, 0) is 62.6 Å². The Hall–Kier alpha value is -6.03. The summed E-state index contributed by atoms with van der Waals surface area (Å²) in [5.74, 6) is 7.37. The molecule has 0 spiro atoms. The van der Waals surface area contributed by atoms with Gasteiger partial charge in [0.05, 0.1) is 67.4 Å². The minimum atomic E-state index is -0.728. The number of nitrogens with zero attached hydrogens (tertiary/aromatic N) is 10. The third-order valence-electron chi connectivity index (χ3n) is 13.3. The topological polar surface area (TPSA) is 178 Å². The first-order valence-corrected chi connectivity index (χ1v) is 21.3. The molecule has 1 aromatic carbocycles. The summed E-state index contributed by atoms with van der Waals surface area (Å²) in [6.45, 7) is 7.03. The number of para-hydroxylation sites is 1. The predicted molar refractivity (Wildman–Crippen MR) is 225 cm³/mol. The molecule has 2 bridgehead atoms. The first-order valence-electron chi connectivity index (χ1n) is 21.3. The van der Waals surface area contributed by atoms with Crippen molar-refractivity contribution in [2.75, 3.05) is 69.7 Å². The Kier molecular flexibility index (Phi) is 10.3. The molecule has 3 amide bonds. The molecule has 10 rings (SSSR count). The summed E-state index contributed by atoms with van der Waals surface area (Å²) >= 11 is 0. The second-order valence-electron chi connectivity index (χ2n) is 17.0. The maximum Gasteiger partial charge on any atom is 0.329 e. The van der Waals surface area contributed by atoms with Crippen molar-refractivity contribution in [2.45, 2.75) is 69.2 Å². The van der Waals surface area contributed by atoms with E-state index in [1.807, 2.05) is 41.3 Å². The maximum atomic E-state index is 13.6. The number of anilines is 2. The van der Waals surface area contributed by atoms with Crippen LogP contribution in [0.5, 0.6) is 5.88 Å². The predicted octanol–water partition coefficient (Wildman–Crippen LogP) is 2.20. The Balaban J connectivity index is 0.709. The highest BCUT2D eigenvalue weighted by Gasteiger charge is 2.40. The van der Waals surface area contributed by atoms with Crippen LogP contribution >= 0.6 is 0 Å². The smallest absolute Gasteiger partial charge is 0.329 e. The number of amides is 3. The third-order valence-corrected chi connectivity index (χ3v) is 13.3. The van der Waals surface area contributed by atoms with Gasteiger partial charge in [0.15, 0.2) is 5.65 Å². The number of piperazine rings is 1. The van der Waals surface area contributed by atoms with E-state index in [2.05, 4.69) is 42.3 Å². The van der Waals surface area contributed by atoms with E-state index in [9.17, 15) is 19.2 Å². The van der Waals surface area contributed by atoms with Gasteiger partial charge in [-0.15, -0.1) is 5.10 Å². The van der Waals surface area contributed by atoms with Crippen molar-refractivity contribution >= 4 is 45.9 Å². The Morgan fingerprint density at radius 1 is 1.03 bits per heavy atom. The minimum Gasteiger partial charge on any atom is -0.478 e. The highest BCUT2D eigenvalue weighted by atomic mass is 16.5. The van der Waals surface area contributed by atoms with Crippen LogP contribution in [-0.2, 0) is 21.4 Å². The van der Waals surface area contributed by atoms with Crippen LogP contribution in [0.3, 0.4) is 0 Å². The van der Waals surface area contributed by atoms with Crippen LogP contribution in [-0.4, -0.2) is 133 Å². The lowest BCUT2D eigenvalue weighted by atomic mass is 9.85. The molecule has 18 nitrogen and oxygen atoms in total. The van der Waals surface area contributed by atoms with Gasteiger partial charge in [0.25, 0.3) is 11.8 Å². The quantitative estimate of drug-likeness (QED) is 0.164. The molecule has 3 atom stereocenters. The number of benzene rings is 1. The number of ether oxygens (including phenoxy) is 2. The van der Waals surface area contributed by atoms with Gasteiger partial charge in [-0.3, -0.25) is 38.4 Å². The fourth-order valence-electron chi connectivity index (χ4n) is 9.95. The van der Waals surface area contributed by atoms with Gasteiger partial charge in [-0.2, -0.15) is 5.10 Å². The van der Waals surface area contributed by atoms with Crippen molar-refractivity contribution in [3.8, 4) is 17.7 Å². The van der Waals surface area contributed by atoms with Crippen molar-refractivity contribution in [2.24, 2.45) is 13.0 Å². The first kappa shape index (κ1) is 39.1. The van der Waals surface area contributed by atoms with Gasteiger partial charge in [0.1, 0.15) is 23.1 Å². The third kappa shape index (κ3) is 7.44. The molecule has 1 aliphatic carbocycles. The number of hydrogen-bond acceptors (Lipinski definition) is 12. The summed E-state index contributed by atoms with van der Waals surface area (Å²) in [4.78, 5) is 63.3. The summed E-state index contributed by atoms with van der Waals surface area (Å²) in [6, 6.07) is 7.33. The lowest BCUT2D eigenvalue weighted by Crippen LogP contribution is -2.48. The average molecular weight is 831 g/mol. The monoisotopic (exact) mass is 830 g/mol. The number of piperidine rings is 1. The molecule has 318 valence electrons. The first-order chi connectivity index (χ1) is 29.7. The molecular weight excluding hydrogens is 781 g/mol. The highest BCUT2D eigenvalue weighted by Crippen LogP contribution is 2.36. The average Bonchev–Trinajstić information content (AvgIpc) is 4.12. The van der Waals surface area contributed by atoms with E-state index in [1.165, 1.54) is 4.57 Å². The van der Waals surface area contributed by atoms with E-state index in [1.54, 1.807) is 29.4 Å². The number of imide groups is 1. The zero-order valence-electron chi connectivity index (χ0n) is 34.5. The van der Waals surface area contributed by atoms with Crippen molar-refractivity contribution in [1.29, 1.82) is 0 Å². The van der Waals surface area contributed by atoms with Crippen molar-refractivity contribution in [3.05, 3.63) is 64.5 Å². The van der Waals surface area contributed by atoms with E-state index in [-0.39, 0.29) is 36.1 Å². The molecule has 61 heavy (non-hydrogen) atoms. The second kappa shape index (κ2) is 16.1. The molecule has 4 aliphatic heterocycles. The van der Waals surface area contributed by atoms with Crippen molar-refractivity contribution < 1.29 is 23.9 Å². The minimum absolute atomic E-state index is 0.197. The molecular formula is C43H50N12O6. The van der Waals surface area contributed by atoms with E-state index in [4.69, 9.17) is 19.6 Å². The van der Waals surface area contributed by atoms with Gasteiger partial charge in [0, 0.05) is 58.9 Å².